The molecule has 22 heavy (non-hydrogen) atoms. The third kappa shape index (κ3) is 5.01. The molecule has 0 atom stereocenters. The summed E-state index contributed by atoms with van der Waals surface area (Å²) in [6.45, 7) is 6.73. The standard InChI is InChI=1S/C17H19NO2.C2H6/c1-14-7-5-6-10-16(14)17(20)18(11-12-19)13-15-8-3-2-4-9-15;1-2/h2-10,19H,11-13H2,1H3;1-2H3. The second-order valence-corrected chi connectivity index (χ2v) is 4.75. The van der Waals surface area contributed by atoms with Crippen molar-refractivity contribution in [3.05, 3.63) is 71.3 Å². The zero-order chi connectivity index (χ0) is 16.4. The van der Waals surface area contributed by atoms with Crippen LogP contribution in [-0.2, 0) is 6.54 Å². The van der Waals surface area contributed by atoms with Gasteiger partial charge in [0, 0.05) is 18.7 Å². The summed E-state index contributed by atoms with van der Waals surface area (Å²) in [6.07, 6.45) is 0. The number of hydrogen-bond acceptors (Lipinski definition) is 2. The highest BCUT2D eigenvalue weighted by Gasteiger charge is 2.17. The van der Waals surface area contributed by atoms with Gasteiger partial charge >= 0.3 is 0 Å². The number of benzene rings is 2. The number of nitrogens with zero attached hydrogens (tertiary/aromatic N) is 1. The van der Waals surface area contributed by atoms with Crippen molar-refractivity contribution in [1.82, 2.24) is 4.90 Å². The fraction of sp³-hybridized carbons (Fsp3) is 0.316. The first-order chi connectivity index (χ1) is 10.7. The zero-order valence-corrected chi connectivity index (χ0v) is 13.6. The zero-order valence-electron chi connectivity index (χ0n) is 13.6. The molecule has 0 bridgehead atoms. The summed E-state index contributed by atoms with van der Waals surface area (Å²) in [5.74, 6) is -0.0407. The maximum atomic E-state index is 12.6. The lowest BCUT2D eigenvalue weighted by molar-refractivity contribution is 0.0707. The lowest BCUT2D eigenvalue weighted by Crippen LogP contribution is -2.33. The van der Waals surface area contributed by atoms with E-state index in [1.54, 1.807) is 4.90 Å². The predicted molar refractivity (Wildman–Crippen MR) is 90.8 cm³/mol. The Hall–Kier alpha value is -2.13. The van der Waals surface area contributed by atoms with Crippen LogP contribution in [0.1, 0.15) is 35.3 Å². The quantitative estimate of drug-likeness (QED) is 0.915. The predicted octanol–water partition coefficient (Wildman–Crippen LogP) is 3.66. The molecule has 2 rings (SSSR count). The minimum absolute atomic E-state index is 0.0372. The van der Waals surface area contributed by atoms with Gasteiger partial charge in [-0.1, -0.05) is 62.4 Å². The number of carbonyl (C=O) groups excluding carboxylic acids is 1. The number of rotatable bonds is 5. The molecule has 1 amide bonds. The summed E-state index contributed by atoms with van der Waals surface area (Å²) in [5.41, 5.74) is 2.70. The van der Waals surface area contributed by atoms with Crippen LogP contribution in [0.3, 0.4) is 0 Å². The number of aryl methyl sites for hydroxylation is 1. The van der Waals surface area contributed by atoms with Crippen LogP contribution in [0.2, 0.25) is 0 Å². The highest BCUT2D eigenvalue weighted by molar-refractivity contribution is 5.95. The Labute approximate surface area is 133 Å². The fourth-order valence-corrected chi connectivity index (χ4v) is 2.16. The molecule has 0 heterocycles. The van der Waals surface area contributed by atoms with Gasteiger partial charge in [0.15, 0.2) is 0 Å². The molecule has 0 saturated heterocycles. The Bertz CT molecular complexity index is 567. The third-order valence-corrected chi connectivity index (χ3v) is 3.25. The fourth-order valence-electron chi connectivity index (χ4n) is 2.16. The second kappa shape index (κ2) is 9.74. The molecular formula is C19H25NO2. The largest absolute Gasteiger partial charge is 0.395 e. The van der Waals surface area contributed by atoms with E-state index in [-0.39, 0.29) is 12.5 Å². The number of aliphatic hydroxyl groups is 1. The van der Waals surface area contributed by atoms with Crippen LogP contribution in [0, 0.1) is 6.92 Å². The van der Waals surface area contributed by atoms with E-state index in [0.717, 1.165) is 11.1 Å². The number of carbonyl (C=O) groups is 1. The van der Waals surface area contributed by atoms with Crippen molar-refractivity contribution in [1.29, 1.82) is 0 Å². The van der Waals surface area contributed by atoms with Crippen LogP contribution in [0.15, 0.2) is 54.6 Å². The van der Waals surface area contributed by atoms with E-state index >= 15 is 0 Å². The SMILES string of the molecule is CC.Cc1ccccc1C(=O)N(CCO)Cc1ccccc1. The minimum Gasteiger partial charge on any atom is -0.395 e. The van der Waals surface area contributed by atoms with Gasteiger partial charge in [0.25, 0.3) is 5.91 Å². The molecule has 0 unspecified atom stereocenters. The van der Waals surface area contributed by atoms with E-state index in [9.17, 15) is 9.90 Å². The smallest absolute Gasteiger partial charge is 0.254 e. The van der Waals surface area contributed by atoms with Gasteiger partial charge in [-0.25, -0.2) is 0 Å². The molecule has 0 fully saturated rings. The van der Waals surface area contributed by atoms with Gasteiger partial charge in [0.2, 0.25) is 0 Å². The molecule has 3 heteroatoms. The summed E-state index contributed by atoms with van der Waals surface area (Å²) >= 11 is 0. The molecule has 0 aliphatic carbocycles. The lowest BCUT2D eigenvalue weighted by Gasteiger charge is -2.22. The maximum Gasteiger partial charge on any atom is 0.254 e. The van der Waals surface area contributed by atoms with E-state index in [1.807, 2.05) is 75.4 Å². The van der Waals surface area contributed by atoms with Gasteiger partial charge in [0.1, 0.15) is 0 Å². The molecule has 0 aromatic heterocycles. The van der Waals surface area contributed by atoms with E-state index in [1.165, 1.54) is 0 Å². The normalized spacial score (nSPS) is 9.64. The van der Waals surface area contributed by atoms with Crippen molar-refractivity contribution in [3.63, 3.8) is 0 Å². The summed E-state index contributed by atoms with van der Waals surface area (Å²) in [7, 11) is 0. The molecule has 0 spiro atoms. The van der Waals surface area contributed by atoms with E-state index in [4.69, 9.17) is 0 Å². The molecule has 0 saturated carbocycles. The average Bonchev–Trinajstić information content (AvgIpc) is 2.57. The Kier molecular flexibility index (Phi) is 7.94. The van der Waals surface area contributed by atoms with Gasteiger partial charge in [-0.3, -0.25) is 4.79 Å². The van der Waals surface area contributed by atoms with Crippen LogP contribution in [0.25, 0.3) is 0 Å². The van der Waals surface area contributed by atoms with Crippen molar-refractivity contribution >= 4 is 5.91 Å². The Morgan fingerprint density at radius 2 is 1.59 bits per heavy atom. The first-order valence-corrected chi connectivity index (χ1v) is 7.72. The minimum atomic E-state index is -0.0407. The summed E-state index contributed by atoms with van der Waals surface area (Å²) in [4.78, 5) is 14.3. The van der Waals surface area contributed by atoms with Crippen LogP contribution in [0.5, 0.6) is 0 Å². The maximum absolute atomic E-state index is 12.6. The summed E-state index contributed by atoms with van der Waals surface area (Å²) < 4.78 is 0. The lowest BCUT2D eigenvalue weighted by atomic mass is 10.1. The van der Waals surface area contributed by atoms with Crippen LogP contribution < -0.4 is 0 Å². The number of hydrogen-bond donors (Lipinski definition) is 1. The summed E-state index contributed by atoms with van der Waals surface area (Å²) in [5, 5.41) is 9.19. The van der Waals surface area contributed by atoms with Gasteiger partial charge in [-0.2, -0.15) is 0 Å². The molecule has 2 aromatic carbocycles. The van der Waals surface area contributed by atoms with Crippen molar-refractivity contribution < 1.29 is 9.90 Å². The molecule has 0 radical (unpaired) electrons. The first kappa shape index (κ1) is 17.9. The Balaban J connectivity index is 0.00000116. The monoisotopic (exact) mass is 299 g/mol. The topological polar surface area (TPSA) is 40.5 Å². The molecule has 3 nitrogen and oxygen atoms in total. The Morgan fingerprint density at radius 3 is 2.18 bits per heavy atom. The van der Waals surface area contributed by atoms with E-state index in [0.29, 0.717) is 18.7 Å². The third-order valence-electron chi connectivity index (χ3n) is 3.25. The second-order valence-electron chi connectivity index (χ2n) is 4.75. The van der Waals surface area contributed by atoms with Crippen molar-refractivity contribution in [2.24, 2.45) is 0 Å². The summed E-state index contributed by atoms with van der Waals surface area (Å²) in [6, 6.07) is 17.3. The highest BCUT2D eigenvalue weighted by Crippen LogP contribution is 2.13. The molecule has 0 aliphatic heterocycles. The van der Waals surface area contributed by atoms with Crippen molar-refractivity contribution in [2.75, 3.05) is 13.2 Å². The Morgan fingerprint density at radius 1 is 1.00 bits per heavy atom. The van der Waals surface area contributed by atoms with Gasteiger partial charge in [-0.05, 0) is 24.1 Å². The van der Waals surface area contributed by atoms with Gasteiger partial charge in [0.05, 0.1) is 6.61 Å². The highest BCUT2D eigenvalue weighted by atomic mass is 16.3. The number of aliphatic hydroxyl groups excluding tert-OH is 1. The van der Waals surface area contributed by atoms with Crippen molar-refractivity contribution in [2.45, 2.75) is 27.3 Å². The molecule has 1 N–H and O–H groups in total. The van der Waals surface area contributed by atoms with Gasteiger partial charge < -0.3 is 10.0 Å². The van der Waals surface area contributed by atoms with E-state index < -0.39 is 0 Å². The van der Waals surface area contributed by atoms with Crippen LogP contribution in [0.4, 0.5) is 0 Å². The molecular weight excluding hydrogens is 274 g/mol. The average molecular weight is 299 g/mol. The molecule has 0 aliphatic rings. The first-order valence-electron chi connectivity index (χ1n) is 7.72. The van der Waals surface area contributed by atoms with Crippen LogP contribution >= 0.6 is 0 Å². The van der Waals surface area contributed by atoms with Gasteiger partial charge in [-0.15, -0.1) is 0 Å². The number of amides is 1. The molecule has 2 aromatic rings. The van der Waals surface area contributed by atoms with Crippen LogP contribution in [-0.4, -0.2) is 29.1 Å². The molecule has 118 valence electrons. The van der Waals surface area contributed by atoms with E-state index in [2.05, 4.69) is 0 Å². The van der Waals surface area contributed by atoms with Crippen molar-refractivity contribution in [3.8, 4) is 0 Å².